The van der Waals surface area contributed by atoms with Crippen LogP contribution in [0.5, 0.6) is 5.75 Å². The van der Waals surface area contributed by atoms with E-state index in [9.17, 15) is 0 Å². The predicted octanol–water partition coefficient (Wildman–Crippen LogP) is 3.39. The molecule has 122 valence electrons. The molecule has 2 saturated heterocycles. The first kappa shape index (κ1) is 15.8. The molecule has 22 heavy (non-hydrogen) atoms. The molecule has 0 bridgehead atoms. The molecule has 0 aliphatic carbocycles. The SMILES string of the molecule is C[C@H]1COC(OCc2cccc(OCC3CCOCC3)c2)C1. The summed E-state index contributed by atoms with van der Waals surface area (Å²) < 4.78 is 22.7. The Morgan fingerprint density at radius 1 is 1.23 bits per heavy atom. The lowest BCUT2D eigenvalue weighted by Gasteiger charge is -2.22. The van der Waals surface area contributed by atoms with Crippen LogP contribution in [0, 0.1) is 11.8 Å². The molecule has 0 radical (unpaired) electrons. The minimum absolute atomic E-state index is 0.0539. The summed E-state index contributed by atoms with van der Waals surface area (Å²) in [5.41, 5.74) is 1.13. The summed E-state index contributed by atoms with van der Waals surface area (Å²) in [5.74, 6) is 2.13. The van der Waals surface area contributed by atoms with Crippen LogP contribution in [0.25, 0.3) is 0 Å². The summed E-state index contributed by atoms with van der Waals surface area (Å²) in [5, 5.41) is 0. The van der Waals surface area contributed by atoms with Crippen LogP contribution < -0.4 is 4.74 Å². The van der Waals surface area contributed by atoms with E-state index < -0.39 is 0 Å². The van der Waals surface area contributed by atoms with Gasteiger partial charge in [-0.1, -0.05) is 19.1 Å². The van der Waals surface area contributed by atoms with Gasteiger partial charge in [0.1, 0.15) is 5.75 Å². The van der Waals surface area contributed by atoms with E-state index >= 15 is 0 Å². The van der Waals surface area contributed by atoms with Crippen LogP contribution in [0.15, 0.2) is 24.3 Å². The first-order chi connectivity index (χ1) is 10.8. The molecule has 1 unspecified atom stereocenters. The summed E-state index contributed by atoms with van der Waals surface area (Å²) in [7, 11) is 0. The first-order valence-corrected chi connectivity index (χ1v) is 8.32. The fraction of sp³-hybridized carbons (Fsp3) is 0.667. The highest BCUT2D eigenvalue weighted by Crippen LogP contribution is 2.22. The molecule has 0 aromatic heterocycles. The molecule has 2 aliphatic heterocycles. The Hall–Kier alpha value is -1.10. The zero-order valence-corrected chi connectivity index (χ0v) is 13.3. The summed E-state index contributed by atoms with van der Waals surface area (Å²) in [6.45, 7) is 6.07. The second-order valence-corrected chi connectivity index (χ2v) is 6.43. The zero-order valence-electron chi connectivity index (χ0n) is 13.3. The summed E-state index contributed by atoms with van der Waals surface area (Å²) >= 11 is 0. The van der Waals surface area contributed by atoms with Gasteiger partial charge in [-0.2, -0.15) is 0 Å². The molecule has 0 N–H and O–H groups in total. The van der Waals surface area contributed by atoms with Crippen molar-refractivity contribution in [2.24, 2.45) is 11.8 Å². The molecular weight excluding hydrogens is 280 g/mol. The average Bonchev–Trinajstić information content (AvgIpc) is 2.98. The number of rotatable bonds is 6. The van der Waals surface area contributed by atoms with Gasteiger partial charge in [-0.25, -0.2) is 0 Å². The molecular formula is C18H26O4. The van der Waals surface area contributed by atoms with Gasteiger partial charge in [0.25, 0.3) is 0 Å². The second-order valence-electron chi connectivity index (χ2n) is 6.43. The third-order valence-electron chi connectivity index (χ3n) is 4.32. The van der Waals surface area contributed by atoms with Crippen molar-refractivity contribution in [1.82, 2.24) is 0 Å². The summed E-state index contributed by atoms with van der Waals surface area (Å²) in [4.78, 5) is 0. The Morgan fingerprint density at radius 3 is 2.86 bits per heavy atom. The molecule has 1 aromatic carbocycles. The van der Waals surface area contributed by atoms with E-state index in [-0.39, 0.29) is 6.29 Å². The minimum Gasteiger partial charge on any atom is -0.493 e. The van der Waals surface area contributed by atoms with E-state index in [4.69, 9.17) is 18.9 Å². The van der Waals surface area contributed by atoms with Crippen LogP contribution >= 0.6 is 0 Å². The Bertz CT molecular complexity index is 432. The molecule has 4 heteroatoms. The smallest absolute Gasteiger partial charge is 0.158 e. The monoisotopic (exact) mass is 306 g/mol. The van der Waals surface area contributed by atoms with E-state index in [0.717, 1.165) is 57.0 Å². The van der Waals surface area contributed by atoms with Gasteiger partial charge in [-0.3, -0.25) is 0 Å². The molecule has 2 fully saturated rings. The third kappa shape index (κ3) is 4.70. The van der Waals surface area contributed by atoms with Crippen molar-refractivity contribution in [2.45, 2.75) is 39.1 Å². The van der Waals surface area contributed by atoms with E-state index in [0.29, 0.717) is 18.4 Å². The molecule has 1 aromatic rings. The highest BCUT2D eigenvalue weighted by Gasteiger charge is 2.22. The van der Waals surface area contributed by atoms with Gasteiger partial charge >= 0.3 is 0 Å². The normalized spacial score (nSPS) is 26.2. The number of hydrogen-bond acceptors (Lipinski definition) is 4. The van der Waals surface area contributed by atoms with Gasteiger partial charge in [0.15, 0.2) is 6.29 Å². The lowest BCUT2D eigenvalue weighted by atomic mass is 10.0. The molecule has 2 atom stereocenters. The van der Waals surface area contributed by atoms with E-state index in [2.05, 4.69) is 19.1 Å². The minimum atomic E-state index is -0.0539. The van der Waals surface area contributed by atoms with Gasteiger partial charge < -0.3 is 18.9 Å². The Labute approximate surface area is 132 Å². The van der Waals surface area contributed by atoms with E-state index in [1.54, 1.807) is 0 Å². The van der Waals surface area contributed by atoms with Crippen molar-refractivity contribution < 1.29 is 18.9 Å². The Kier molecular flexibility index (Phi) is 5.70. The predicted molar refractivity (Wildman–Crippen MR) is 83.8 cm³/mol. The highest BCUT2D eigenvalue weighted by atomic mass is 16.7. The van der Waals surface area contributed by atoms with Crippen LogP contribution in [-0.2, 0) is 20.8 Å². The van der Waals surface area contributed by atoms with Gasteiger partial charge in [0.05, 0.1) is 19.8 Å². The van der Waals surface area contributed by atoms with Gasteiger partial charge in [-0.15, -0.1) is 0 Å². The van der Waals surface area contributed by atoms with E-state index in [1.165, 1.54) is 0 Å². The van der Waals surface area contributed by atoms with Crippen LogP contribution in [0.4, 0.5) is 0 Å². The van der Waals surface area contributed by atoms with Crippen molar-refractivity contribution >= 4 is 0 Å². The van der Waals surface area contributed by atoms with Crippen molar-refractivity contribution in [1.29, 1.82) is 0 Å². The van der Waals surface area contributed by atoms with Gasteiger partial charge in [0.2, 0.25) is 0 Å². The maximum absolute atomic E-state index is 5.93. The maximum Gasteiger partial charge on any atom is 0.158 e. The maximum atomic E-state index is 5.93. The molecule has 0 amide bonds. The molecule has 0 saturated carbocycles. The zero-order chi connectivity index (χ0) is 15.2. The van der Waals surface area contributed by atoms with Crippen LogP contribution in [0.3, 0.4) is 0 Å². The van der Waals surface area contributed by atoms with Crippen LogP contribution in [0.1, 0.15) is 31.7 Å². The number of ether oxygens (including phenoxy) is 4. The quantitative estimate of drug-likeness (QED) is 0.807. The van der Waals surface area contributed by atoms with Gasteiger partial charge in [0, 0.05) is 19.6 Å². The topological polar surface area (TPSA) is 36.9 Å². The van der Waals surface area contributed by atoms with E-state index in [1.807, 2.05) is 12.1 Å². The van der Waals surface area contributed by atoms with Crippen molar-refractivity contribution in [2.75, 3.05) is 26.4 Å². The fourth-order valence-electron chi connectivity index (χ4n) is 2.89. The molecule has 4 nitrogen and oxygen atoms in total. The fourth-order valence-corrected chi connectivity index (χ4v) is 2.89. The second kappa shape index (κ2) is 7.95. The lowest BCUT2D eigenvalue weighted by Crippen LogP contribution is -2.21. The Balaban J connectivity index is 1.44. The third-order valence-corrected chi connectivity index (χ3v) is 4.32. The molecule has 3 rings (SSSR count). The first-order valence-electron chi connectivity index (χ1n) is 8.32. The molecule has 2 aliphatic rings. The number of hydrogen-bond donors (Lipinski definition) is 0. The van der Waals surface area contributed by atoms with Crippen molar-refractivity contribution in [3.8, 4) is 5.75 Å². The average molecular weight is 306 g/mol. The summed E-state index contributed by atoms with van der Waals surface area (Å²) in [6.07, 6.45) is 3.13. The number of benzene rings is 1. The standard InChI is InChI=1S/C18H26O4/c1-14-9-18(21-11-14)22-13-16-3-2-4-17(10-16)20-12-15-5-7-19-8-6-15/h2-4,10,14-15,18H,5-9,11-13H2,1H3/t14-,18?/m1/s1. The Morgan fingerprint density at radius 2 is 2.09 bits per heavy atom. The lowest BCUT2D eigenvalue weighted by molar-refractivity contribution is -0.118. The summed E-state index contributed by atoms with van der Waals surface area (Å²) in [6, 6.07) is 8.17. The molecule has 0 spiro atoms. The van der Waals surface area contributed by atoms with Crippen LogP contribution in [-0.4, -0.2) is 32.7 Å². The highest BCUT2D eigenvalue weighted by molar-refractivity contribution is 5.28. The van der Waals surface area contributed by atoms with Crippen molar-refractivity contribution in [3.05, 3.63) is 29.8 Å². The van der Waals surface area contributed by atoms with Gasteiger partial charge in [-0.05, 0) is 42.4 Å². The molecule has 2 heterocycles. The van der Waals surface area contributed by atoms with Crippen molar-refractivity contribution in [3.63, 3.8) is 0 Å². The van der Waals surface area contributed by atoms with Crippen LogP contribution in [0.2, 0.25) is 0 Å². The largest absolute Gasteiger partial charge is 0.493 e.